The van der Waals surface area contributed by atoms with E-state index in [1.54, 1.807) is 19.5 Å². The highest BCUT2D eigenvalue weighted by Gasteiger charge is 2.22. The first-order valence-electron chi connectivity index (χ1n) is 4.55. The molecular weight excluding hydrogens is 246 g/mol. The molecule has 0 N–H and O–H groups in total. The molecule has 76 valence electrons. The molecule has 1 atom stereocenters. The van der Waals surface area contributed by atoms with E-state index in [4.69, 9.17) is 4.74 Å². The first-order valence-corrected chi connectivity index (χ1v) is 5.34. The van der Waals surface area contributed by atoms with Gasteiger partial charge in [0.15, 0.2) is 0 Å². The highest BCUT2D eigenvalue weighted by atomic mass is 79.9. The zero-order valence-corrected chi connectivity index (χ0v) is 9.57. The van der Waals surface area contributed by atoms with Crippen molar-refractivity contribution in [2.45, 2.75) is 12.5 Å². The summed E-state index contributed by atoms with van der Waals surface area (Å²) < 4.78 is 6.05. The third-order valence-electron chi connectivity index (χ3n) is 2.41. The van der Waals surface area contributed by atoms with Gasteiger partial charge in [0, 0.05) is 20.2 Å². The van der Waals surface area contributed by atoms with Gasteiger partial charge in [-0.15, -0.1) is 0 Å². The molecule has 1 aliphatic heterocycles. The van der Waals surface area contributed by atoms with E-state index in [0.717, 1.165) is 29.9 Å². The molecule has 0 amide bonds. The second-order valence-corrected chi connectivity index (χ2v) is 4.10. The lowest BCUT2D eigenvalue weighted by Gasteiger charge is -2.16. The Morgan fingerprint density at radius 2 is 2.36 bits per heavy atom. The topological polar surface area (TPSA) is 38.2 Å². The fourth-order valence-electron chi connectivity index (χ4n) is 1.60. The lowest BCUT2D eigenvalue weighted by atomic mass is 10.3. The summed E-state index contributed by atoms with van der Waals surface area (Å²) in [5.74, 6) is 0.924. The Labute approximate surface area is 91.4 Å². The van der Waals surface area contributed by atoms with Crippen molar-refractivity contribution in [3.8, 4) is 0 Å². The van der Waals surface area contributed by atoms with Crippen molar-refractivity contribution in [3.63, 3.8) is 0 Å². The van der Waals surface area contributed by atoms with Crippen LogP contribution in [0.15, 0.2) is 17.0 Å². The number of methoxy groups -OCH3 is 1. The van der Waals surface area contributed by atoms with Crippen LogP contribution in [0.4, 0.5) is 5.82 Å². The maximum absolute atomic E-state index is 5.29. The lowest BCUT2D eigenvalue weighted by molar-refractivity contribution is 0.121. The summed E-state index contributed by atoms with van der Waals surface area (Å²) in [5, 5.41) is 0. The summed E-state index contributed by atoms with van der Waals surface area (Å²) in [5.41, 5.74) is 0. The summed E-state index contributed by atoms with van der Waals surface area (Å²) in [6, 6.07) is 0. The maximum Gasteiger partial charge on any atom is 0.147 e. The third-order valence-corrected chi connectivity index (χ3v) is 2.82. The molecule has 0 aromatic carbocycles. The molecular formula is C9H12BrN3O. The van der Waals surface area contributed by atoms with E-state index in [-0.39, 0.29) is 0 Å². The maximum atomic E-state index is 5.29. The molecule has 5 heteroatoms. The molecule has 0 spiro atoms. The lowest BCUT2D eigenvalue weighted by Crippen LogP contribution is -2.23. The van der Waals surface area contributed by atoms with Crippen molar-refractivity contribution in [1.29, 1.82) is 0 Å². The Bertz CT molecular complexity index is 303. The number of anilines is 1. The van der Waals surface area contributed by atoms with Crippen molar-refractivity contribution in [1.82, 2.24) is 9.97 Å². The SMILES string of the molecule is COC1CCN(c2cnc(Br)cn2)C1. The molecule has 1 aliphatic rings. The average Bonchev–Trinajstić information content (AvgIpc) is 2.67. The largest absolute Gasteiger partial charge is 0.380 e. The monoisotopic (exact) mass is 257 g/mol. The summed E-state index contributed by atoms with van der Waals surface area (Å²) >= 11 is 3.26. The number of ether oxygens (including phenoxy) is 1. The number of rotatable bonds is 2. The van der Waals surface area contributed by atoms with E-state index < -0.39 is 0 Å². The predicted molar refractivity (Wildman–Crippen MR) is 57.4 cm³/mol. The van der Waals surface area contributed by atoms with E-state index in [2.05, 4.69) is 30.8 Å². The summed E-state index contributed by atoms with van der Waals surface area (Å²) in [7, 11) is 1.75. The van der Waals surface area contributed by atoms with Gasteiger partial charge in [-0.1, -0.05) is 0 Å². The van der Waals surface area contributed by atoms with Crippen LogP contribution >= 0.6 is 15.9 Å². The number of aromatic nitrogens is 2. The fourth-order valence-corrected chi connectivity index (χ4v) is 1.80. The third kappa shape index (κ3) is 2.04. The van der Waals surface area contributed by atoms with Gasteiger partial charge in [-0.05, 0) is 22.4 Å². The molecule has 0 saturated carbocycles. The van der Waals surface area contributed by atoms with Gasteiger partial charge < -0.3 is 9.64 Å². The number of hydrogen-bond acceptors (Lipinski definition) is 4. The van der Waals surface area contributed by atoms with Gasteiger partial charge >= 0.3 is 0 Å². The zero-order valence-electron chi connectivity index (χ0n) is 7.98. The standard InChI is InChI=1S/C9H12BrN3O/c1-14-7-2-3-13(6-7)9-5-11-8(10)4-12-9/h4-5,7H,2-3,6H2,1H3. The normalized spacial score (nSPS) is 21.6. The second-order valence-electron chi connectivity index (χ2n) is 3.29. The highest BCUT2D eigenvalue weighted by molar-refractivity contribution is 9.10. The van der Waals surface area contributed by atoms with Gasteiger partial charge in [0.05, 0.1) is 18.5 Å². The Balaban J connectivity index is 2.06. The molecule has 1 aromatic rings. The van der Waals surface area contributed by atoms with E-state index in [0.29, 0.717) is 6.10 Å². The minimum Gasteiger partial charge on any atom is -0.380 e. The van der Waals surface area contributed by atoms with Crippen LogP contribution in [-0.4, -0.2) is 36.3 Å². The fraction of sp³-hybridized carbons (Fsp3) is 0.556. The first-order chi connectivity index (χ1) is 6.79. The second kappa shape index (κ2) is 4.23. The Hall–Kier alpha value is -0.680. The number of halogens is 1. The molecule has 0 bridgehead atoms. The van der Waals surface area contributed by atoms with Crippen LogP contribution in [0.5, 0.6) is 0 Å². The number of hydrogen-bond donors (Lipinski definition) is 0. The van der Waals surface area contributed by atoms with Crippen LogP contribution in [0.25, 0.3) is 0 Å². The van der Waals surface area contributed by atoms with Gasteiger partial charge in [0.25, 0.3) is 0 Å². The van der Waals surface area contributed by atoms with E-state index in [9.17, 15) is 0 Å². The zero-order chi connectivity index (χ0) is 9.97. The first kappa shape index (κ1) is 9.86. The van der Waals surface area contributed by atoms with Gasteiger partial charge in [0.2, 0.25) is 0 Å². The van der Waals surface area contributed by atoms with Gasteiger partial charge in [-0.25, -0.2) is 9.97 Å². The van der Waals surface area contributed by atoms with Crippen LogP contribution in [0, 0.1) is 0 Å². The molecule has 4 nitrogen and oxygen atoms in total. The Kier molecular flexibility index (Phi) is 2.98. The Morgan fingerprint density at radius 1 is 1.50 bits per heavy atom. The molecule has 2 heterocycles. The molecule has 1 aromatic heterocycles. The predicted octanol–water partition coefficient (Wildman–Crippen LogP) is 1.46. The average molecular weight is 258 g/mol. The summed E-state index contributed by atoms with van der Waals surface area (Å²) in [6.07, 6.45) is 4.90. The van der Waals surface area contributed by atoms with Gasteiger partial charge in [-0.2, -0.15) is 0 Å². The Morgan fingerprint density at radius 3 is 2.93 bits per heavy atom. The van der Waals surface area contributed by atoms with Crippen LogP contribution in [-0.2, 0) is 4.74 Å². The summed E-state index contributed by atoms with van der Waals surface area (Å²) in [6.45, 7) is 1.90. The summed E-state index contributed by atoms with van der Waals surface area (Å²) in [4.78, 5) is 10.6. The molecule has 1 saturated heterocycles. The van der Waals surface area contributed by atoms with Crippen molar-refractivity contribution in [3.05, 3.63) is 17.0 Å². The smallest absolute Gasteiger partial charge is 0.147 e. The minimum atomic E-state index is 0.334. The van der Waals surface area contributed by atoms with E-state index >= 15 is 0 Å². The number of nitrogens with zero attached hydrogens (tertiary/aromatic N) is 3. The molecule has 14 heavy (non-hydrogen) atoms. The quantitative estimate of drug-likeness (QED) is 0.805. The highest BCUT2D eigenvalue weighted by Crippen LogP contribution is 2.19. The minimum absolute atomic E-state index is 0.334. The van der Waals surface area contributed by atoms with Crippen molar-refractivity contribution < 1.29 is 4.74 Å². The molecule has 0 aliphatic carbocycles. The molecule has 2 rings (SSSR count). The van der Waals surface area contributed by atoms with Crippen LogP contribution in [0.3, 0.4) is 0 Å². The molecule has 1 unspecified atom stereocenters. The van der Waals surface area contributed by atoms with Crippen molar-refractivity contribution in [2.75, 3.05) is 25.1 Å². The van der Waals surface area contributed by atoms with E-state index in [1.165, 1.54) is 0 Å². The van der Waals surface area contributed by atoms with E-state index in [1.807, 2.05) is 0 Å². The van der Waals surface area contributed by atoms with Crippen molar-refractivity contribution in [2.24, 2.45) is 0 Å². The molecule has 0 radical (unpaired) electrons. The van der Waals surface area contributed by atoms with Crippen molar-refractivity contribution >= 4 is 21.7 Å². The van der Waals surface area contributed by atoms with Gasteiger partial charge in [0.1, 0.15) is 10.4 Å². The van der Waals surface area contributed by atoms with Crippen LogP contribution < -0.4 is 4.90 Å². The molecule has 1 fully saturated rings. The van der Waals surface area contributed by atoms with Crippen LogP contribution in [0.2, 0.25) is 0 Å². The van der Waals surface area contributed by atoms with Crippen LogP contribution in [0.1, 0.15) is 6.42 Å². The van der Waals surface area contributed by atoms with Gasteiger partial charge in [-0.3, -0.25) is 0 Å².